The summed E-state index contributed by atoms with van der Waals surface area (Å²) < 4.78 is 7.56. The summed E-state index contributed by atoms with van der Waals surface area (Å²) in [5.41, 5.74) is 3.35. The van der Waals surface area contributed by atoms with Crippen molar-refractivity contribution < 1.29 is 9.53 Å². The van der Waals surface area contributed by atoms with Crippen LogP contribution in [0.1, 0.15) is 46.6 Å². The summed E-state index contributed by atoms with van der Waals surface area (Å²) >= 11 is 0. The number of hydrogen-bond donors (Lipinski definition) is 1. The standard InChI is InChI=1S/C24H27N3O3/c1-16-7-10-21(17(2)14-16)30-13-11-25-23(28)18-8-9-19-20(15-18)26-22-6-4-3-5-12-27(22)24(19)29/h7-10,14-15H,3-6,11-13H2,1-2H3,(H,25,28). The second kappa shape index (κ2) is 8.69. The number of amides is 1. The molecular weight excluding hydrogens is 378 g/mol. The van der Waals surface area contributed by atoms with Crippen molar-refractivity contribution in [3.05, 3.63) is 69.3 Å². The normalized spacial score (nSPS) is 13.5. The van der Waals surface area contributed by atoms with Crippen LogP contribution in [0.2, 0.25) is 0 Å². The molecule has 0 fully saturated rings. The molecule has 2 aromatic carbocycles. The predicted molar refractivity (Wildman–Crippen MR) is 117 cm³/mol. The van der Waals surface area contributed by atoms with Gasteiger partial charge >= 0.3 is 0 Å². The number of benzene rings is 2. The summed E-state index contributed by atoms with van der Waals surface area (Å²) in [6.07, 6.45) is 3.96. The molecule has 6 heteroatoms. The first-order valence-corrected chi connectivity index (χ1v) is 10.5. The molecule has 1 aliphatic rings. The van der Waals surface area contributed by atoms with Gasteiger partial charge in [0.25, 0.3) is 11.5 Å². The lowest BCUT2D eigenvalue weighted by atomic mass is 10.1. The maximum absolute atomic E-state index is 12.8. The molecule has 0 unspecified atom stereocenters. The van der Waals surface area contributed by atoms with Gasteiger partial charge in [-0.05, 0) is 56.5 Å². The number of ether oxygens (including phenoxy) is 1. The van der Waals surface area contributed by atoms with Crippen molar-refractivity contribution in [3.63, 3.8) is 0 Å². The van der Waals surface area contributed by atoms with E-state index in [2.05, 4.69) is 11.4 Å². The maximum Gasteiger partial charge on any atom is 0.261 e. The fraction of sp³-hybridized carbons (Fsp3) is 0.375. The van der Waals surface area contributed by atoms with Crippen molar-refractivity contribution in [2.24, 2.45) is 0 Å². The third kappa shape index (κ3) is 4.22. The molecule has 30 heavy (non-hydrogen) atoms. The molecule has 0 atom stereocenters. The van der Waals surface area contributed by atoms with Crippen molar-refractivity contribution in [1.82, 2.24) is 14.9 Å². The molecule has 3 aromatic rings. The van der Waals surface area contributed by atoms with Crippen LogP contribution in [0.4, 0.5) is 0 Å². The fourth-order valence-corrected chi connectivity index (χ4v) is 3.95. The highest BCUT2D eigenvalue weighted by Gasteiger charge is 2.15. The highest BCUT2D eigenvalue weighted by Crippen LogP contribution is 2.19. The number of nitrogens with one attached hydrogen (secondary N) is 1. The molecule has 1 amide bonds. The third-order valence-electron chi connectivity index (χ3n) is 5.55. The van der Waals surface area contributed by atoms with Crippen molar-refractivity contribution in [3.8, 4) is 5.75 Å². The Morgan fingerprint density at radius 3 is 2.83 bits per heavy atom. The van der Waals surface area contributed by atoms with Crippen molar-refractivity contribution >= 4 is 16.8 Å². The zero-order valence-electron chi connectivity index (χ0n) is 17.5. The van der Waals surface area contributed by atoms with Crippen molar-refractivity contribution in [1.29, 1.82) is 0 Å². The van der Waals surface area contributed by atoms with E-state index in [1.807, 2.05) is 26.0 Å². The van der Waals surface area contributed by atoms with E-state index in [1.54, 1.807) is 22.8 Å². The Balaban J connectivity index is 1.43. The summed E-state index contributed by atoms with van der Waals surface area (Å²) in [5, 5.41) is 3.44. The third-order valence-corrected chi connectivity index (χ3v) is 5.55. The summed E-state index contributed by atoms with van der Waals surface area (Å²) in [5.74, 6) is 1.45. The van der Waals surface area contributed by atoms with Gasteiger partial charge in [-0.3, -0.25) is 14.2 Å². The molecule has 4 rings (SSSR count). The van der Waals surface area contributed by atoms with Gasteiger partial charge in [0.2, 0.25) is 0 Å². The van der Waals surface area contributed by atoms with Crippen molar-refractivity contribution in [2.75, 3.05) is 13.2 Å². The number of fused-ring (bicyclic) bond motifs is 2. The molecule has 1 N–H and O–H groups in total. The molecule has 0 radical (unpaired) electrons. The van der Waals surface area contributed by atoms with Crippen molar-refractivity contribution in [2.45, 2.75) is 46.1 Å². The molecule has 156 valence electrons. The minimum Gasteiger partial charge on any atom is -0.491 e. The summed E-state index contributed by atoms with van der Waals surface area (Å²) in [7, 11) is 0. The minimum absolute atomic E-state index is 0.00859. The Labute approximate surface area is 175 Å². The molecule has 6 nitrogen and oxygen atoms in total. The first-order chi connectivity index (χ1) is 14.5. The molecule has 0 spiro atoms. The van der Waals surface area contributed by atoms with Crippen LogP contribution >= 0.6 is 0 Å². The second-order valence-electron chi connectivity index (χ2n) is 7.90. The van der Waals surface area contributed by atoms with Crippen LogP contribution in [0.3, 0.4) is 0 Å². The lowest BCUT2D eigenvalue weighted by Crippen LogP contribution is -2.28. The second-order valence-corrected chi connectivity index (χ2v) is 7.90. The fourth-order valence-electron chi connectivity index (χ4n) is 3.95. The average molecular weight is 405 g/mol. The number of carbonyl (C=O) groups excluding carboxylic acids is 1. The van der Waals surface area contributed by atoms with E-state index in [1.165, 1.54) is 5.56 Å². The van der Waals surface area contributed by atoms with E-state index in [0.717, 1.165) is 49.4 Å². The Kier molecular flexibility index (Phi) is 5.84. The zero-order chi connectivity index (χ0) is 21.1. The molecule has 2 heterocycles. The van der Waals surface area contributed by atoms with Crippen LogP contribution in [0.25, 0.3) is 10.9 Å². The quantitative estimate of drug-likeness (QED) is 0.659. The van der Waals surface area contributed by atoms with Crippen LogP contribution in [0.5, 0.6) is 5.75 Å². The maximum atomic E-state index is 12.8. The lowest BCUT2D eigenvalue weighted by molar-refractivity contribution is 0.0947. The van der Waals surface area contributed by atoms with Crippen LogP contribution in [0.15, 0.2) is 41.2 Å². The van der Waals surface area contributed by atoms with Gasteiger partial charge in [-0.25, -0.2) is 4.98 Å². The molecule has 0 saturated heterocycles. The van der Waals surface area contributed by atoms with E-state index in [0.29, 0.717) is 29.6 Å². The van der Waals surface area contributed by atoms with Crippen LogP contribution in [0, 0.1) is 13.8 Å². The predicted octanol–water partition coefficient (Wildman–Crippen LogP) is 3.55. The number of aromatic nitrogens is 2. The number of carbonyl (C=O) groups is 1. The van der Waals surface area contributed by atoms with Gasteiger partial charge in [-0.2, -0.15) is 0 Å². The highest BCUT2D eigenvalue weighted by molar-refractivity contribution is 5.97. The van der Waals surface area contributed by atoms with Gasteiger partial charge in [0.15, 0.2) is 0 Å². The summed E-state index contributed by atoms with van der Waals surface area (Å²) in [6, 6.07) is 11.1. The largest absolute Gasteiger partial charge is 0.491 e. The van der Waals surface area contributed by atoms with E-state index in [-0.39, 0.29) is 11.5 Å². The monoisotopic (exact) mass is 405 g/mol. The minimum atomic E-state index is -0.196. The average Bonchev–Trinajstić information content (AvgIpc) is 2.98. The SMILES string of the molecule is Cc1ccc(OCCNC(=O)c2ccc3c(=O)n4c(nc3c2)CCCCC4)c(C)c1. The number of aryl methyl sites for hydroxylation is 3. The summed E-state index contributed by atoms with van der Waals surface area (Å²) in [6.45, 7) is 5.55. The van der Waals surface area contributed by atoms with Gasteiger partial charge in [-0.15, -0.1) is 0 Å². The van der Waals surface area contributed by atoms with E-state index in [4.69, 9.17) is 9.72 Å². The number of hydrogen-bond acceptors (Lipinski definition) is 4. The topological polar surface area (TPSA) is 73.2 Å². The molecule has 1 aliphatic heterocycles. The first kappa shape index (κ1) is 20.1. The highest BCUT2D eigenvalue weighted by atomic mass is 16.5. The molecule has 0 aliphatic carbocycles. The van der Waals surface area contributed by atoms with Gasteiger partial charge in [0.1, 0.15) is 18.2 Å². The molecule has 0 saturated carbocycles. The lowest BCUT2D eigenvalue weighted by Gasteiger charge is -2.12. The molecule has 0 bridgehead atoms. The Morgan fingerprint density at radius 2 is 2.00 bits per heavy atom. The number of rotatable bonds is 5. The number of nitrogens with zero attached hydrogens (tertiary/aromatic N) is 2. The zero-order valence-corrected chi connectivity index (χ0v) is 17.5. The van der Waals surface area contributed by atoms with E-state index >= 15 is 0 Å². The summed E-state index contributed by atoms with van der Waals surface area (Å²) in [4.78, 5) is 30.1. The van der Waals surface area contributed by atoms with E-state index < -0.39 is 0 Å². The van der Waals surface area contributed by atoms with Gasteiger partial charge in [0, 0.05) is 18.5 Å². The first-order valence-electron chi connectivity index (χ1n) is 10.5. The molecular formula is C24H27N3O3. The van der Waals surface area contributed by atoms with Crippen LogP contribution in [-0.2, 0) is 13.0 Å². The Hall–Kier alpha value is -3.15. The Morgan fingerprint density at radius 1 is 1.13 bits per heavy atom. The van der Waals surface area contributed by atoms with Gasteiger partial charge in [-0.1, -0.05) is 24.1 Å². The smallest absolute Gasteiger partial charge is 0.261 e. The van der Waals surface area contributed by atoms with Crippen LogP contribution < -0.4 is 15.6 Å². The Bertz CT molecular complexity index is 1150. The molecule has 1 aromatic heterocycles. The van der Waals surface area contributed by atoms with Gasteiger partial charge in [0.05, 0.1) is 17.4 Å². The van der Waals surface area contributed by atoms with Crippen LogP contribution in [-0.4, -0.2) is 28.6 Å². The van der Waals surface area contributed by atoms with E-state index in [9.17, 15) is 9.59 Å². The van der Waals surface area contributed by atoms with Gasteiger partial charge < -0.3 is 10.1 Å².